The average Bonchev–Trinajstić information content (AvgIpc) is 3.22. The molecule has 0 saturated carbocycles. The maximum atomic E-state index is 6.29. The molecule has 0 aliphatic heterocycles. The molecule has 0 aliphatic rings. The van der Waals surface area contributed by atoms with E-state index in [0.29, 0.717) is 119 Å². The number of benzene rings is 1. The van der Waals surface area contributed by atoms with E-state index < -0.39 is 33.3 Å². The Hall–Kier alpha value is -0.432. The van der Waals surface area contributed by atoms with Crippen molar-refractivity contribution in [1.29, 1.82) is 0 Å². The van der Waals surface area contributed by atoms with Crippen LogP contribution >= 0.6 is 0 Å². The zero-order chi connectivity index (χ0) is 52.5. The van der Waals surface area contributed by atoms with Crippen molar-refractivity contribution in [3.8, 4) is 0 Å². The summed E-state index contributed by atoms with van der Waals surface area (Å²) in [6.45, 7) is 55.6. The minimum Gasteiger partial charge on any atom is -0.414 e. The lowest BCUT2D eigenvalue weighted by Gasteiger charge is -2.36. The molecule has 0 amide bonds. The highest BCUT2D eigenvalue weighted by molar-refractivity contribution is 6.75. The van der Waals surface area contributed by atoms with Crippen LogP contribution in [-0.4, -0.2) is 164 Å². The molecule has 1 rings (SSSR count). The van der Waals surface area contributed by atoms with Gasteiger partial charge in [-0.1, -0.05) is 107 Å². The smallest absolute Gasteiger partial charge is 0.192 e. The molecule has 0 atom stereocenters. The van der Waals surface area contributed by atoms with Crippen molar-refractivity contribution in [2.45, 2.75) is 181 Å². The van der Waals surface area contributed by atoms with E-state index in [1.54, 1.807) is 0 Å². The number of ether oxygens (including phenoxy) is 8. The first-order valence-corrected chi connectivity index (χ1v) is 37.5. The van der Waals surface area contributed by atoms with Crippen molar-refractivity contribution in [3.05, 3.63) is 35.4 Å². The molecule has 0 aromatic heterocycles. The molecule has 0 aliphatic carbocycles. The van der Waals surface area contributed by atoms with Gasteiger partial charge in [0.25, 0.3) is 0 Å². The van der Waals surface area contributed by atoms with Gasteiger partial charge in [-0.05, 0) is 83.7 Å². The number of hydrogen-bond donors (Lipinski definition) is 1. The highest BCUT2D eigenvalue weighted by Gasteiger charge is 2.39. The van der Waals surface area contributed by atoms with Gasteiger partial charge in [-0.25, -0.2) is 0 Å². The first-order chi connectivity index (χ1) is 31.8. The monoisotopic (exact) mass is 1050 g/mol. The van der Waals surface area contributed by atoms with Crippen LogP contribution in [0.25, 0.3) is 0 Å². The zero-order valence-electron chi connectivity index (χ0n) is 48.0. The van der Waals surface area contributed by atoms with Crippen LogP contribution in [0.1, 0.15) is 94.2 Å². The third kappa shape index (κ3) is 28.7. The summed E-state index contributed by atoms with van der Waals surface area (Å²) in [5.74, 6) is 0. The lowest BCUT2D eigenvalue weighted by atomic mass is 10.1. The Bertz CT molecular complexity index is 1390. The van der Waals surface area contributed by atoms with Gasteiger partial charge in [0.15, 0.2) is 33.3 Å². The van der Waals surface area contributed by atoms with Crippen LogP contribution in [0, 0.1) is 0 Å². The standard InChI is InChI=1S/C52H107NO12Si4/c1-49(2,3)66(13,14)62-35-29-56-41-47(42-57-30-36-63-67(15,16)50(4,5)6)60-33-27-54-26-25-53-39-45-21-23-46(24-22-45)40-55-28-34-61-48(43-58-31-37-64-68(17,18)51(7,8)9)44-59-32-38-65-69(19,20)52(10,11)12/h21-24,47-48,53H,25-44H2,1-20H3. The van der Waals surface area contributed by atoms with Crippen LogP contribution in [-0.2, 0) is 68.8 Å². The van der Waals surface area contributed by atoms with E-state index in [0.717, 1.165) is 18.7 Å². The molecule has 13 nitrogen and oxygen atoms in total. The second-order valence-electron chi connectivity index (χ2n) is 24.4. The Morgan fingerprint density at radius 3 is 0.971 bits per heavy atom. The predicted octanol–water partition coefficient (Wildman–Crippen LogP) is 11.2. The van der Waals surface area contributed by atoms with Crippen LogP contribution in [0.4, 0.5) is 0 Å². The minimum atomic E-state index is -1.82. The highest BCUT2D eigenvalue weighted by Crippen LogP contribution is 2.39. The quantitative estimate of drug-likeness (QED) is 0.0498. The van der Waals surface area contributed by atoms with Crippen LogP contribution in [0.5, 0.6) is 0 Å². The molecule has 1 aromatic rings. The molecular weight excluding hydrogens is 943 g/mol. The van der Waals surface area contributed by atoms with E-state index in [9.17, 15) is 0 Å². The fraction of sp³-hybridized carbons (Fsp3) is 0.885. The van der Waals surface area contributed by atoms with Crippen LogP contribution in [0.3, 0.4) is 0 Å². The van der Waals surface area contributed by atoms with Gasteiger partial charge in [-0.2, -0.15) is 0 Å². The Kier molecular flexibility index (Phi) is 31.0. The first-order valence-electron chi connectivity index (χ1n) is 25.9. The van der Waals surface area contributed by atoms with Gasteiger partial charge >= 0.3 is 0 Å². The lowest BCUT2D eigenvalue weighted by Crippen LogP contribution is -2.42. The van der Waals surface area contributed by atoms with E-state index in [1.807, 2.05) is 0 Å². The summed E-state index contributed by atoms with van der Waals surface area (Å²) in [6.07, 6.45) is -0.418. The van der Waals surface area contributed by atoms with E-state index >= 15 is 0 Å². The fourth-order valence-electron chi connectivity index (χ4n) is 5.41. The summed E-state index contributed by atoms with van der Waals surface area (Å²) < 4.78 is 73.5. The third-order valence-electron chi connectivity index (χ3n) is 14.4. The Balaban J connectivity index is 2.45. The molecule has 0 unspecified atom stereocenters. The molecule has 1 N–H and O–H groups in total. The lowest BCUT2D eigenvalue weighted by molar-refractivity contribution is -0.0790. The largest absolute Gasteiger partial charge is 0.414 e. The Labute approximate surface area is 427 Å². The summed E-state index contributed by atoms with van der Waals surface area (Å²) in [4.78, 5) is 0. The molecule has 0 spiro atoms. The van der Waals surface area contributed by atoms with Gasteiger partial charge < -0.3 is 60.9 Å². The molecular formula is C52H107NO12Si4. The number of nitrogens with one attached hydrogen (secondary N) is 1. The van der Waals surface area contributed by atoms with Gasteiger partial charge in [-0.15, -0.1) is 0 Å². The Morgan fingerprint density at radius 2 is 0.652 bits per heavy atom. The molecule has 0 radical (unpaired) electrons. The van der Waals surface area contributed by atoms with Crippen molar-refractivity contribution in [2.24, 2.45) is 0 Å². The molecule has 408 valence electrons. The van der Waals surface area contributed by atoms with E-state index in [-0.39, 0.29) is 32.4 Å². The summed E-state index contributed by atoms with van der Waals surface area (Å²) in [5, 5.41) is 4.13. The maximum absolute atomic E-state index is 6.29. The normalized spacial score (nSPS) is 13.9. The summed E-state index contributed by atoms with van der Waals surface area (Å²) in [6, 6.07) is 8.49. The van der Waals surface area contributed by atoms with Crippen molar-refractivity contribution >= 4 is 33.3 Å². The molecule has 0 saturated heterocycles. The summed E-state index contributed by atoms with van der Waals surface area (Å²) in [5.41, 5.74) is 2.31. The average molecular weight is 1050 g/mol. The SMILES string of the molecule is CC(C)(C)[Si](C)(C)OCCOCC(COCCO[Si](C)(C)C(C)(C)C)OCCOCCNCc1ccc(COCCOC(COCCO[Si](C)(C)C(C)(C)C)COCCO[Si](C)(C)C(C)(C)C)cc1. The van der Waals surface area contributed by atoms with Gasteiger partial charge in [-0.3, -0.25) is 0 Å². The topological polar surface area (TPSA) is 123 Å². The molecule has 17 heteroatoms. The second kappa shape index (κ2) is 32.1. The van der Waals surface area contributed by atoms with E-state index in [2.05, 4.69) is 165 Å². The van der Waals surface area contributed by atoms with Crippen molar-refractivity contribution in [1.82, 2.24) is 5.32 Å². The molecule has 0 heterocycles. The van der Waals surface area contributed by atoms with Crippen molar-refractivity contribution in [3.63, 3.8) is 0 Å². The van der Waals surface area contributed by atoms with Crippen LogP contribution in [0.2, 0.25) is 72.5 Å². The number of hydrogen-bond acceptors (Lipinski definition) is 13. The molecule has 0 bridgehead atoms. The van der Waals surface area contributed by atoms with Crippen LogP contribution < -0.4 is 5.32 Å². The second-order valence-corrected chi connectivity index (χ2v) is 43.6. The van der Waals surface area contributed by atoms with E-state index in [4.69, 9.17) is 55.6 Å². The molecule has 0 fully saturated rings. The van der Waals surface area contributed by atoms with Gasteiger partial charge in [0.1, 0.15) is 12.2 Å². The maximum Gasteiger partial charge on any atom is 0.192 e. The zero-order valence-corrected chi connectivity index (χ0v) is 52.0. The van der Waals surface area contributed by atoms with Crippen molar-refractivity contribution < 1.29 is 55.6 Å². The van der Waals surface area contributed by atoms with Gasteiger partial charge in [0.2, 0.25) is 0 Å². The Morgan fingerprint density at radius 1 is 0.362 bits per heavy atom. The molecule has 69 heavy (non-hydrogen) atoms. The number of rotatable bonds is 39. The summed E-state index contributed by atoms with van der Waals surface area (Å²) in [7, 11) is -7.28. The van der Waals surface area contributed by atoms with Gasteiger partial charge in [0, 0.05) is 13.1 Å². The van der Waals surface area contributed by atoms with Crippen LogP contribution in [0.15, 0.2) is 24.3 Å². The summed E-state index contributed by atoms with van der Waals surface area (Å²) >= 11 is 0. The third-order valence-corrected chi connectivity index (χ3v) is 32.6. The van der Waals surface area contributed by atoms with E-state index in [1.165, 1.54) is 5.56 Å². The van der Waals surface area contributed by atoms with Gasteiger partial charge in [0.05, 0.1) is 119 Å². The van der Waals surface area contributed by atoms with Crippen molar-refractivity contribution in [2.75, 3.05) is 119 Å². The first kappa shape index (κ1) is 66.6. The minimum absolute atomic E-state index is 0.162. The highest BCUT2D eigenvalue weighted by atomic mass is 28.4. The fourth-order valence-corrected chi connectivity index (χ4v) is 9.51. The molecule has 1 aromatic carbocycles. The predicted molar refractivity (Wildman–Crippen MR) is 294 cm³/mol.